The zero-order valence-electron chi connectivity index (χ0n) is 15.5. The summed E-state index contributed by atoms with van der Waals surface area (Å²) in [6, 6.07) is 7.93. The summed E-state index contributed by atoms with van der Waals surface area (Å²) in [6.07, 6.45) is 2.26. The molecule has 1 aromatic heterocycles. The van der Waals surface area contributed by atoms with E-state index < -0.39 is 23.4 Å². The van der Waals surface area contributed by atoms with Crippen molar-refractivity contribution in [3.63, 3.8) is 0 Å². The highest BCUT2D eigenvalue weighted by molar-refractivity contribution is 5.89. The normalized spacial score (nSPS) is 12.2. The van der Waals surface area contributed by atoms with E-state index in [9.17, 15) is 19.7 Å². The van der Waals surface area contributed by atoms with Gasteiger partial charge in [0.2, 0.25) is 6.79 Å². The fraction of sp³-hybridized carbons (Fsp3) is 0.263. The second-order valence-corrected chi connectivity index (χ2v) is 5.97. The van der Waals surface area contributed by atoms with Crippen molar-refractivity contribution in [2.75, 3.05) is 19.9 Å². The first kappa shape index (κ1) is 19.9. The van der Waals surface area contributed by atoms with Gasteiger partial charge in [-0.05, 0) is 36.8 Å². The van der Waals surface area contributed by atoms with Gasteiger partial charge in [0.1, 0.15) is 10.7 Å². The summed E-state index contributed by atoms with van der Waals surface area (Å²) >= 11 is 0. The van der Waals surface area contributed by atoms with E-state index in [1.807, 2.05) is 13.0 Å². The number of furan rings is 1. The Kier molecular flexibility index (Phi) is 6.12. The van der Waals surface area contributed by atoms with Crippen LogP contribution in [0.3, 0.4) is 0 Å². The first-order valence-electron chi connectivity index (χ1n) is 8.71. The van der Waals surface area contributed by atoms with Crippen LogP contribution in [0.4, 0.5) is 5.88 Å². The van der Waals surface area contributed by atoms with Crippen LogP contribution in [0.25, 0.3) is 6.08 Å². The lowest BCUT2D eigenvalue weighted by Crippen LogP contribution is -2.33. The van der Waals surface area contributed by atoms with Gasteiger partial charge in [-0.2, -0.15) is 0 Å². The Morgan fingerprint density at radius 2 is 2.03 bits per heavy atom. The molecule has 3 rings (SSSR count). The number of hydrogen-bond donors (Lipinski definition) is 0. The molecule has 0 spiro atoms. The number of carbonyl (C=O) groups is 2. The van der Waals surface area contributed by atoms with Gasteiger partial charge in [-0.15, -0.1) is 0 Å². The Morgan fingerprint density at radius 1 is 1.24 bits per heavy atom. The minimum atomic E-state index is -0.767. The molecular formula is C19H18N2O8. The number of ether oxygens (including phenoxy) is 3. The van der Waals surface area contributed by atoms with Gasteiger partial charge in [0.25, 0.3) is 5.91 Å². The maximum atomic E-state index is 12.3. The van der Waals surface area contributed by atoms with Crippen molar-refractivity contribution in [3.05, 3.63) is 57.8 Å². The van der Waals surface area contributed by atoms with Crippen LogP contribution in [0.15, 0.2) is 40.8 Å². The maximum Gasteiger partial charge on any atom is 0.433 e. The molecule has 10 heteroatoms. The number of rotatable bonds is 8. The molecule has 0 aliphatic carbocycles. The van der Waals surface area contributed by atoms with Crippen molar-refractivity contribution < 1.29 is 33.1 Å². The lowest BCUT2D eigenvalue weighted by molar-refractivity contribution is -0.402. The van der Waals surface area contributed by atoms with Gasteiger partial charge >= 0.3 is 11.9 Å². The molecule has 1 aliphatic heterocycles. The van der Waals surface area contributed by atoms with E-state index in [0.717, 1.165) is 11.6 Å². The average molecular weight is 402 g/mol. The van der Waals surface area contributed by atoms with Gasteiger partial charge in [-0.1, -0.05) is 6.07 Å². The molecule has 1 amide bonds. The second-order valence-electron chi connectivity index (χ2n) is 5.97. The maximum absolute atomic E-state index is 12.3. The summed E-state index contributed by atoms with van der Waals surface area (Å²) < 4.78 is 20.4. The molecule has 0 unspecified atom stereocenters. The van der Waals surface area contributed by atoms with Crippen LogP contribution in [0.5, 0.6) is 11.5 Å². The zero-order valence-corrected chi connectivity index (χ0v) is 15.5. The highest BCUT2D eigenvalue weighted by atomic mass is 16.7. The van der Waals surface area contributed by atoms with Crippen molar-refractivity contribution in [1.82, 2.24) is 4.90 Å². The van der Waals surface area contributed by atoms with Crippen LogP contribution in [0.1, 0.15) is 18.2 Å². The number of nitro groups is 1. The van der Waals surface area contributed by atoms with Crippen molar-refractivity contribution in [3.8, 4) is 11.5 Å². The SMILES string of the molecule is CCN(Cc1ccc2c(c1)OCO2)C(=O)COC(=O)/C=C/c1ccc([N+](=O)[O-])o1. The van der Waals surface area contributed by atoms with E-state index in [-0.39, 0.29) is 18.5 Å². The molecule has 152 valence electrons. The number of nitrogens with zero attached hydrogens (tertiary/aromatic N) is 2. The first-order valence-corrected chi connectivity index (χ1v) is 8.71. The van der Waals surface area contributed by atoms with Gasteiger partial charge in [0.15, 0.2) is 18.1 Å². The number of benzene rings is 1. The van der Waals surface area contributed by atoms with Gasteiger partial charge in [-0.3, -0.25) is 14.9 Å². The summed E-state index contributed by atoms with van der Waals surface area (Å²) in [6.45, 7) is 2.31. The van der Waals surface area contributed by atoms with Crippen LogP contribution in [0, 0.1) is 10.1 Å². The molecule has 1 aromatic carbocycles. The Labute approximate surface area is 165 Å². The Hall–Kier alpha value is -3.82. The minimum absolute atomic E-state index is 0.123. The van der Waals surface area contributed by atoms with E-state index in [1.165, 1.54) is 23.1 Å². The van der Waals surface area contributed by atoms with Crippen LogP contribution >= 0.6 is 0 Å². The lowest BCUT2D eigenvalue weighted by Gasteiger charge is -2.20. The van der Waals surface area contributed by atoms with Crippen LogP contribution < -0.4 is 9.47 Å². The summed E-state index contributed by atoms with van der Waals surface area (Å²) in [5, 5.41) is 10.5. The lowest BCUT2D eigenvalue weighted by atomic mass is 10.2. The fourth-order valence-corrected chi connectivity index (χ4v) is 2.59. The van der Waals surface area contributed by atoms with E-state index in [4.69, 9.17) is 18.6 Å². The largest absolute Gasteiger partial charge is 0.454 e. The zero-order chi connectivity index (χ0) is 20.8. The highest BCUT2D eigenvalue weighted by Crippen LogP contribution is 2.32. The molecule has 0 saturated heterocycles. The number of fused-ring (bicyclic) bond motifs is 1. The monoisotopic (exact) mass is 402 g/mol. The predicted octanol–water partition coefficient (Wildman–Crippen LogP) is 2.52. The van der Waals surface area contributed by atoms with E-state index in [0.29, 0.717) is 24.6 Å². The summed E-state index contributed by atoms with van der Waals surface area (Å²) in [5.74, 6) is -0.156. The van der Waals surface area contributed by atoms with Crippen molar-refractivity contribution in [2.24, 2.45) is 0 Å². The van der Waals surface area contributed by atoms with Gasteiger partial charge in [-0.25, -0.2) is 4.79 Å². The Balaban J connectivity index is 1.50. The van der Waals surface area contributed by atoms with E-state index >= 15 is 0 Å². The molecule has 2 aromatic rings. The molecule has 0 bridgehead atoms. The van der Waals surface area contributed by atoms with Crippen molar-refractivity contribution in [2.45, 2.75) is 13.5 Å². The molecule has 0 fully saturated rings. The van der Waals surface area contributed by atoms with Gasteiger partial charge < -0.3 is 23.5 Å². The highest BCUT2D eigenvalue weighted by Gasteiger charge is 2.17. The molecule has 0 N–H and O–H groups in total. The number of esters is 1. The van der Waals surface area contributed by atoms with Crippen LogP contribution in [0.2, 0.25) is 0 Å². The Bertz CT molecular complexity index is 949. The summed E-state index contributed by atoms with van der Waals surface area (Å²) in [7, 11) is 0. The van der Waals surface area contributed by atoms with Crippen molar-refractivity contribution in [1.29, 1.82) is 0 Å². The molecule has 0 radical (unpaired) electrons. The minimum Gasteiger partial charge on any atom is -0.454 e. The van der Waals surface area contributed by atoms with E-state index in [2.05, 4.69) is 0 Å². The number of hydrogen-bond acceptors (Lipinski definition) is 8. The van der Waals surface area contributed by atoms with E-state index in [1.54, 1.807) is 12.1 Å². The first-order chi connectivity index (χ1) is 14.0. The van der Waals surface area contributed by atoms with Gasteiger partial charge in [0, 0.05) is 19.2 Å². The third kappa shape index (κ3) is 5.12. The molecule has 1 aliphatic rings. The summed E-state index contributed by atoms with van der Waals surface area (Å²) in [5.41, 5.74) is 0.857. The molecule has 0 atom stereocenters. The molecule has 10 nitrogen and oxygen atoms in total. The third-order valence-corrected chi connectivity index (χ3v) is 4.06. The molecule has 0 saturated carbocycles. The molecule has 2 heterocycles. The molecular weight excluding hydrogens is 384 g/mol. The quantitative estimate of drug-likeness (QED) is 0.286. The fourth-order valence-electron chi connectivity index (χ4n) is 2.59. The smallest absolute Gasteiger partial charge is 0.433 e. The topological polar surface area (TPSA) is 121 Å². The average Bonchev–Trinajstić information content (AvgIpc) is 3.37. The van der Waals surface area contributed by atoms with Crippen LogP contribution in [-0.2, 0) is 20.9 Å². The Morgan fingerprint density at radius 3 is 2.76 bits per heavy atom. The molecule has 29 heavy (non-hydrogen) atoms. The number of carbonyl (C=O) groups excluding carboxylic acids is 2. The second kappa shape index (κ2) is 8.91. The number of amides is 1. The third-order valence-electron chi connectivity index (χ3n) is 4.06. The summed E-state index contributed by atoms with van der Waals surface area (Å²) in [4.78, 5) is 35.5. The van der Waals surface area contributed by atoms with Crippen LogP contribution in [-0.4, -0.2) is 41.6 Å². The number of likely N-dealkylation sites (N-methyl/N-ethyl adjacent to an activating group) is 1. The van der Waals surface area contributed by atoms with Crippen molar-refractivity contribution >= 4 is 23.8 Å². The predicted molar refractivity (Wildman–Crippen MR) is 99.0 cm³/mol. The standard InChI is InChI=1S/C19H18N2O8/c1-2-20(10-13-3-6-15-16(9-13)28-12-27-15)17(22)11-26-19(23)8-5-14-4-7-18(29-14)21(24)25/h3-9H,2,10-12H2,1H3/b8-5+. The van der Waals surface area contributed by atoms with Gasteiger partial charge in [0.05, 0.1) is 6.07 Å².